The first-order chi connectivity index (χ1) is 8.65. The molecule has 0 bridgehead atoms. The maximum atomic E-state index is 11.4. The normalized spacial score (nSPS) is 11.0. The van der Waals surface area contributed by atoms with Crippen LogP contribution < -0.4 is 5.76 Å². The summed E-state index contributed by atoms with van der Waals surface area (Å²) in [5.41, 5.74) is 2.58. The third kappa shape index (κ3) is 1.67. The van der Waals surface area contributed by atoms with Gasteiger partial charge in [0.05, 0.1) is 11.7 Å². The lowest BCUT2D eigenvalue weighted by Gasteiger charge is -1.99. The van der Waals surface area contributed by atoms with E-state index in [4.69, 9.17) is 16.0 Å². The zero-order valence-electron chi connectivity index (χ0n) is 9.29. The summed E-state index contributed by atoms with van der Waals surface area (Å²) < 4.78 is 6.47. The van der Waals surface area contributed by atoms with Crippen LogP contribution >= 0.6 is 11.6 Å². The maximum absolute atomic E-state index is 11.4. The van der Waals surface area contributed by atoms with Gasteiger partial charge in [-0.1, -0.05) is 0 Å². The standard InChI is InChI=1S/C11H7ClN4O2/c1-16-8-4-6(2-3-9(8)18-11(16)17)7-5-13-10(12)15-14-7/h2-5H,1H3. The van der Waals surface area contributed by atoms with Gasteiger partial charge in [0.25, 0.3) is 0 Å². The van der Waals surface area contributed by atoms with E-state index in [-0.39, 0.29) is 5.28 Å². The van der Waals surface area contributed by atoms with Crippen molar-refractivity contribution < 1.29 is 4.42 Å². The van der Waals surface area contributed by atoms with E-state index in [1.807, 2.05) is 0 Å². The van der Waals surface area contributed by atoms with E-state index in [9.17, 15) is 4.79 Å². The first-order valence-corrected chi connectivity index (χ1v) is 5.48. The Kier molecular flexibility index (Phi) is 2.38. The Morgan fingerprint density at radius 2 is 2.17 bits per heavy atom. The Morgan fingerprint density at radius 1 is 1.33 bits per heavy atom. The fourth-order valence-corrected chi connectivity index (χ4v) is 1.77. The summed E-state index contributed by atoms with van der Waals surface area (Å²) in [7, 11) is 1.64. The first kappa shape index (κ1) is 10.9. The lowest BCUT2D eigenvalue weighted by molar-refractivity contribution is 0.528. The van der Waals surface area contributed by atoms with Crippen molar-refractivity contribution >= 4 is 22.7 Å². The Bertz CT molecular complexity index is 776. The Morgan fingerprint density at radius 3 is 2.89 bits per heavy atom. The van der Waals surface area contributed by atoms with Gasteiger partial charge in [0, 0.05) is 12.6 Å². The molecule has 18 heavy (non-hydrogen) atoms. The van der Waals surface area contributed by atoms with Gasteiger partial charge < -0.3 is 4.42 Å². The lowest BCUT2D eigenvalue weighted by atomic mass is 10.1. The SMILES string of the molecule is Cn1c(=O)oc2ccc(-c3cnc(Cl)nn3)cc21. The number of halogens is 1. The average molecular weight is 263 g/mol. The Labute approximate surface area is 106 Å². The van der Waals surface area contributed by atoms with Crippen molar-refractivity contribution in [1.29, 1.82) is 0 Å². The quantitative estimate of drug-likeness (QED) is 0.666. The largest absolute Gasteiger partial charge is 0.419 e. The van der Waals surface area contributed by atoms with Crippen LogP contribution in [0.3, 0.4) is 0 Å². The molecule has 0 aliphatic rings. The van der Waals surface area contributed by atoms with Gasteiger partial charge in [0.2, 0.25) is 5.28 Å². The van der Waals surface area contributed by atoms with Gasteiger partial charge in [-0.05, 0) is 29.8 Å². The van der Waals surface area contributed by atoms with Crippen molar-refractivity contribution in [2.45, 2.75) is 0 Å². The number of oxazole rings is 1. The number of fused-ring (bicyclic) bond motifs is 1. The van der Waals surface area contributed by atoms with Crippen LogP contribution in [-0.4, -0.2) is 19.7 Å². The van der Waals surface area contributed by atoms with E-state index in [1.165, 1.54) is 10.8 Å². The maximum Gasteiger partial charge on any atom is 0.419 e. The number of aryl methyl sites for hydroxylation is 1. The molecule has 0 saturated carbocycles. The molecule has 0 aliphatic heterocycles. The van der Waals surface area contributed by atoms with Crippen LogP contribution in [0.25, 0.3) is 22.4 Å². The van der Waals surface area contributed by atoms with Crippen molar-refractivity contribution in [2.75, 3.05) is 0 Å². The predicted molar refractivity (Wildman–Crippen MR) is 65.3 cm³/mol. The molecule has 2 aromatic heterocycles. The smallest absolute Gasteiger partial charge is 0.408 e. The van der Waals surface area contributed by atoms with Gasteiger partial charge >= 0.3 is 5.76 Å². The monoisotopic (exact) mass is 262 g/mol. The third-order valence-electron chi connectivity index (χ3n) is 2.62. The van der Waals surface area contributed by atoms with Crippen molar-refractivity contribution in [2.24, 2.45) is 7.05 Å². The van der Waals surface area contributed by atoms with Crippen molar-refractivity contribution in [1.82, 2.24) is 19.7 Å². The summed E-state index contributed by atoms with van der Waals surface area (Å²) in [6.07, 6.45) is 1.52. The number of aromatic nitrogens is 4. The van der Waals surface area contributed by atoms with Gasteiger partial charge in [-0.25, -0.2) is 9.78 Å². The number of nitrogens with zero attached hydrogens (tertiary/aromatic N) is 4. The molecular formula is C11H7ClN4O2. The van der Waals surface area contributed by atoms with Crippen molar-refractivity contribution in [3.05, 3.63) is 40.2 Å². The fraction of sp³-hybridized carbons (Fsp3) is 0.0909. The first-order valence-electron chi connectivity index (χ1n) is 5.10. The van der Waals surface area contributed by atoms with Crippen LogP contribution in [0.2, 0.25) is 5.28 Å². The van der Waals surface area contributed by atoms with Crippen LogP contribution in [0.1, 0.15) is 0 Å². The van der Waals surface area contributed by atoms with Gasteiger partial charge in [0.1, 0.15) is 5.69 Å². The summed E-state index contributed by atoms with van der Waals surface area (Å²) >= 11 is 5.58. The van der Waals surface area contributed by atoms with Crippen LogP contribution in [0.5, 0.6) is 0 Å². The van der Waals surface area contributed by atoms with Crippen molar-refractivity contribution in [3.63, 3.8) is 0 Å². The van der Waals surface area contributed by atoms with E-state index in [2.05, 4.69) is 15.2 Å². The molecule has 6 nitrogen and oxygen atoms in total. The second-order valence-electron chi connectivity index (χ2n) is 3.72. The second-order valence-corrected chi connectivity index (χ2v) is 4.06. The van der Waals surface area contributed by atoms with E-state index >= 15 is 0 Å². The number of hydrogen-bond donors (Lipinski definition) is 0. The van der Waals surface area contributed by atoms with Crippen LogP contribution in [0.4, 0.5) is 0 Å². The molecule has 0 atom stereocenters. The van der Waals surface area contributed by atoms with E-state index in [1.54, 1.807) is 25.2 Å². The van der Waals surface area contributed by atoms with E-state index < -0.39 is 5.76 Å². The molecule has 3 aromatic rings. The highest BCUT2D eigenvalue weighted by Gasteiger charge is 2.08. The van der Waals surface area contributed by atoms with E-state index in [0.29, 0.717) is 16.8 Å². The molecular weight excluding hydrogens is 256 g/mol. The zero-order valence-corrected chi connectivity index (χ0v) is 10.0. The Hall–Kier alpha value is -2.21. The highest BCUT2D eigenvalue weighted by atomic mass is 35.5. The molecule has 0 radical (unpaired) electrons. The summed E-state index contributed by atoms with van der Waals surface area (Å²) in [4.78, 5) is 15.2. The lowest BCUT2D eigenvalue weighted by Crippen LogP contribution is -2.08. The highest BCUT2D eigenvalue weighted by Crippen LogP contribution is 2.21. The molecule has 1 aromatic carbocycles. The summed E-state index contributed by atoms with van der Waals surface area (Å²) in [5, 5.41) is 7.70. The topological polar surface area (TPSA) is 73.8 Å². The molecule has 0 aliphatic carbocycles. The van der Waals surface area contributed by atoms with Gasteiger partial charge in [0.15, 0.2) is 5.58 Å². The van der Waals surface area contributed by atoms with Crippen LogP contribution in [0, 0.1) is 0 Å². The molecule has 0 amide bonds. The predicted octanol–water partition coefficient (Wildman–Crippen LogP) is 1.64. The molecule has 0 saturated heterocycles. The number of rotatable bonds is 1. The summed E-state index contributed by atoms with van der Waals surface area (Å²) in [5.74, 6) is -0.400. The molecule has 2 heterocycles. The van der Waals surface area contributed by atoms with Crippen LogP contribution in [0.15, 0.2) is 33.6 Å². The van der Waals surface area contributed by atoms with Gasteiger partial charge in [-0.2, -0.15) is 0 Å². The van der Waals surface area contributed by atoms with Crippen molar-refractivity contribution in [3.8, 4) is 11.3 Å². The minimum absolute atomic E-state index is 0.0931. The van der Waals surface area contributed by atoms with Gasteiger partial charge in [-0.3, -0.25) is 4.57 Å². The van der Waals surface area contributed by atoms with Crippen LogP contribution in [-0.2, 0) is 7.05 Å². The number of benzene rings is 1. The molecule has 0 unspecified atom stereocenters. The third-order valence-corrected chi connectivity index (χ3v) is 2.79. The minimum atomic E-state index is -0.400. The van der Waals surface area contributed by atoms with Gasteiger partial charge in [-0.15, -0.1) is 10.2 Å². The second kappa shape index (κ2) is 3.92. The molecule has 0 fully saturated rings. The molecule has 0 N–H and O–H groups in total. The summed E-state index contributed by atoms with van der Waals surface area (Å²) in [6, 6.07) is 5.28. The highest BCUT2D eigenvalue weighted by molar-refractivity contribution is 6.28. The molecule has 7 heteroatoms. The molecule has 0 spiro atoms. The average Bonchev–Trinajstić information content (AvgIpc) is 2.66. The molecule has 3 rings (SSSR count). The molecule has 90 valence electrons. The number of hydrogen-bond acceptors (Lipinski definition) is 5. The van der Waals surface area contributed by atoms with E-state index in [0.717, 1.165) is 5.56 Å². The fourth-order valence-electron chi connectivity index (χ4n) is 1.68. The Balaban J connectivity index is 2.21. The zero-order chi connectivity index (χ0) is 12.7. The summed E-state index contributed by atoms with van der Waals surface area (Å²) in [6.45, 7) is 0. The minimum Gasteiger partial charge on any atom is -0.408 e.